The second-order valence-corrected chi connectivity index (χ2v) is 17.5. The highest BCUT2D eigenvalue weighted by Gasteiger charge is 2.78. The summed E-state index contributed by atoms with van der Waals surface area (Å²) in [6.07, 6.45) is 7.44. The SMILES string of the molecule is CCC1(O)C[C@H]2CN(CCc3c([nH]c4ccccc34)[C@@](C)(c3cc4c(cc3C)N(C)[C@H]3[C@@](O)(C(N)=O)[C@H](O)[C@]5(CC)C=CCN6CC[C@]43[C@@H]65)C2)C1. The number of aliphatic hydroxyl groups excluding tert-OH is 1. The second-order valence-electron chi connectivity index (χ2n) is 17.5. The molecule has 2 saturated heterocycles. The lowest BCUT2D eigenvalue weighted by atomic mass is 9.47. The molecule has 272 valence electrons. The van der Waals surface area contributed by atoms with E-state index in [1.165, 1.54) is 22.2 Å². The molecular formula is C42H55N5O4. The number of rotatable bonds is 4. The van der Waals surface area contributed by atoms with Crippen LogP contribution in [0.15, 0.2) is 48.6 Å². The van der Waals surface area contributed by atoms with Gasteiger partial charge in [-0.25, -0.2) is 0 Å². The molecule has 6 N–H and O–H groups in total. The first-order valence-corrected chi connectivity index (χ1v) is 19.3. The van der Waals surface area contributed by atoms with Gasteiger partial charge in [-0.2, -0.15) is 0 Å². The van der Waals surface area contributed by atoms with Gasteiger partial charge in [-0.05, 0) is 99.2 Å². The lowest BCUT2D eigenvalue weighted by Crippen LogP contribution is -2.81. The van der Waals surface area contributed by atoms with Crippen molar-refractivity contribution in [2.45, 2.75) is 106 Å². The summed E-state index contributed by atoms with van der Waals surface area (Å²) in [6.45, 7) is 12.9. The van der Waals surface area contributed by atoms with Gasteiger partial charge < -0.3 is 30.9 Å². The Bertz CT molecular complexity index is 1980. The topological polar surface area (TPSA) is 129 Å². The van der Waals surface area contributed by atoms with E-state index in [-0.39, 0.29) is 12.0 Å². The number of nitrogens with one attached hydrogen (secondary N) is 1. The zero-order chi connectivity index (χ0) is 35.9. The number of nitrogens with two attached hydrogens (primary N) is 1. The predicted molar refractivity (Wildman–Crippen MR) is 200 cm³/mol. The molecule has 51 heavy (non-hydrogen) atoms. The van der Waals surface area contributed by atoms with E-state index in [9.17, 15) is 20.1 Å². The number of hydrogen-bond acceptors (Lipinski definition) is 7. The number of fused-ring (bicyclic) bond motifs is 6. The number of amides is 1. The van der Waals surface area contributed by atoms with Crippen molar-refractivity contribution < 1.29 is 20.1 Å². The number of piperidine rings is 1. The average molecular weight is 694 g/mol. The van der Waals surface area contributed by atoms with Crippen LogP contribution in [0.4, 0.5) is 5.69 Å². The molecule has 6 aliphatic rings. The number of H-pyrrole nitrogens is 1. The van der Waals surface area contributed by atoms with Crippen molar-refractivity contribution >= 4 is 22.5 Å². The van der Waals surface area contributed by atoms with Crippen LogP contribution in [0.25, 0.3) is 10.9 Å². The molecule has 1 aliphatic carbocycles. The van der Waals surface area contributed by atoms with Crippen LogP contribution >= 0.6 is 0 Å². The Morgan fingerprint density at radius 2 is 1.84 bits per heavy atom. The van der Waals surface area contributed by atoms with Crippen LogP contribution < -0.4 is 10.6 Å². The Morgan fingerprint density at radius 1 is 1.06 bits per heavy atom. The van der Waals surface area contributed by atoms with Gasteiger partial charge in [0.1, 0.15) is 6.10 Å². The fourth-order valence-corrected chi connectivity index (χ4v) is 13.0. The van der Waals surface area contributed by atoms with Crippen LogP contribution in [0.1, 0.15) is 80.8 Å². The molecule has 3 fully saturated rings. The Morgan fingerprint density at radius 3 is 2.59 bits per heavy atom. The molecule has 5 aliphatic heterocycles. The standard InChI is InChI=1S/C42H55N5O4/c1-6-39(50)22-26-21-38(4,33-28(13-17-46(23-26)24-39)27-11-8-9-12-31(27)44-33)29-20-30-32(19-25(29)3)45(5)35-41(30)15-18-47-16-10-14-40(7-2,34(41)47)36(48)42(35,51)37(43)49/h8-12,14,19-20,26,34-36,44,48,50-51H,6-7,13,15-18,21-24H2,1-5H3,(H2,43,49)/t26-,34-,35+,36+,38+,39?,40+,41+,42-/m0/s1. The first-order valence-electron chi connectivity index (χ1n) is 19.3. The first-order chi connectivity index (χ1) is 24.3. The van der Waals surface area contributed by atoms with Gasteiger partial charge >= 0.3 is 0 Å². The lowest BCUT2D eigenvalue weighted by Gasteiger charge is -2.63. The summed E-state index contributed by atoms with van der Waals surface area (Å²) in [6, 6.07) is 12.5. The number of benzene rings is 2. The van der Waals surface area contributed by atoms with Gasteiger partial charge in [-0.1, -0.05) is 50.3 Å². The van der Waals surface area contributed by atoms with Crippen molar-refractivity contribution in [1.82, 2.24) is 14.8 Å². The molecule has 1 aromatic heterocycles. The number of aromatic nitrogens is 1. The number of likely N-dealkylation sites (N-methyl/N-ethyl adjacent to an activating group) is 1. The number of aliphatic hydroxyl groups is 3. The summed E-state index contributed by atoms with van der Waals surface area (Å²) < 4.78 is 0. The molecule has 2 bridgehead atoms. The maximum atomic E-state index is 13.6. The van der Waals surface area contributed by atoms with Gasteiger partial charge in [0, 0.05) is 77.8 Å². The van der Waals surface area contributed by atoms with Crippen LogP contribution in [-0.4, -0.2) is 105 Å². The number of anilines is 1. The fraction of sp³-hybridized carbons (Fsp3) is 0.595. The van der Waals surface area contributed by atoms with Gasteiger partial charge in [-0.3, -0.25) is 14.6 Å². The number of aromatic amines is 1. The largest absolute Gasteiger partial charge is 0.389 e. The van der Waals surface area contributed by atoms with Crippen molar-refractivity contribution in [1.29, 1.82) is 0 Å². The fourth-order valence-electron chi connectivity index (χ4n) is 13.0. The maximum absolute atomic E-state index is 13.6. The van der Waals surface area contributed by atoms with E-state index in [0.717, 1.165) is 80.6 Å². The number of aryl methyl sites for hydroxylation is 1. The molecule has 9 heteroatoms. The van der Waals surface area contributed by atoms with Gasteiger partial charge in [-0.15, -0.1) is 0 Å². The van der Waals surface area contributed by atoms with E-state index in [2.05, 4.69) is 95.9 Å². The molecule has 0 radical (unpaired) electrons. The molecule has 2 aromatic carbocycles. The normalized spacial score (nSPS) is 41.3. The smallest absolute Gasteiger partial charge is 0.254 e. The summed E-state index contributed by atoms with van der Waals surface area (Å²) in [5, 5.41) is 37.9. The highest BCUT2D eigenvalue weighted by Crippen LogP contribution is 2.67. The van der Waals surface area contributed by atoms with E-state index in [0.29, 0.717) is 13.0 Å². The molecule has 1 amide bonds. The van der Waals surface area contributed by atoms with Gasteiger partial charge in [0.2, 0.25) is 0 Å². The lowest BCUT2D eigenvalue weighted by molar-refractivity contribution is -0.201. The molecule has 2 unspecified atom stereocenters. The Kier molecular flexibility index (Phi) is 7.20. The minimum atomic E-state index is -2.16. The minimum absolute atomic E-state index is 0.109. The molecule has 10 atom stereocenters. The van der Waals surface area contributed by atoms with E-state index < -0.39 is 45.5 Å². The predicted octanol–water partition coefficient (Wildman–Crippen LogP) is 3.88. The van der Waals surface area contributed by atoms with Crippen LogP contribution in [0.2, 0.25) is 0 Å². The van der Waals surface area contributed by atoms with Crippen molar-refractivity contribution in [2.75, 3.05) is 44.7 Å². The van der Waals surface area contributed by atoms with E-state index in [1.54, 1.807) is 0 Å². The van der Waals surface area contributed by atoms with Crippen LogP contribution in [0.5, 0.6) is 0 Å². The summed E-state index contributed by atoms with van der Waals surface area (Å²) in [5.41, 5.74) is 9.73. The zero-order valence-electron chi connectivity index (χ0n) is 30.9. The second kappa shape index (κ2) is 10.9. The third-order valence-corrected chi connectivity index (χ3v) is 15.1. The number of para-hydroxylation sites is 1. The zero-order valence-corrected chi connectivity index (χ0v) is 30.9. The van der Waals surface area contributed by atoms with Crippen molar-refractivity contribution in [3.63, 3.8) is 0 Å². The van der Waals surface area contributed by atoms with Gasteiger partial charge in [0.25, 0.3) is 5.91 Å². The third-order valence-electron chi connectivity index (χ3n) is 15.1. The molecule has 1 saturated carbocycles. The number of nitrogens with zero attached hydrogens (tertiary/aromatic N) is 3. The number of hydrogen-bond donors (Lipinski definition) is 5. The monoisotopic (exact) mass is 693 g/mol. The van der Waals surface area contributed by atoms with E-state index in [1.807, 2.05) is 7.05 Å². The van der Waals surface area contributed by atoms with Crippen molar-refractivity contribution in [3.05, 3.63) is 76.5 Å². The number of carbonyl (C=O) groups excluding carboxylic acids is 1. The summed E-state index contributed by atoms with van der Waals surface area (Å²) in [7, 11) is 1.97. The Labute approximate surface area is 301 Å². The minimum Gasteiger partial charge on any atom is -0.389 e. The van der Waals surface area contributed by atoms with E-state index in [4.69, 9.17) is 5.73 Å². The summed E-state index contributed by atoms with van der Waals surface area (Å²) in [5.74, 6) is -0.578. The quantitative estimate of drug-likeness (QED) is 0.263. The molecule has 6 heterocycles. The van der Waals surface area contributed by atoms with Crippen LogP contribution in [-0.2, 0) is 22.0 Å². The number of primary amides is 1. The van der Waals surface area contributed by atoms with E-state index >= 15 is 0 Å². The average Bonchev–Trinajstić information content (AvgIpc) is 3.76. The first kappa shape index (κ1) is 33.6. The molecule has 9 rings (SSSR count). The molecule has 3 aromatic rings. The maximum Gasteiger partial charge on any atom is 0.254 e. The third kappa shape index (κ3) is 4.13. The van der Waals surface area contributed by atoms with Crippen molar-refractivity contribution in [2.24, 2.45) is 17.1 Å². The van der Waals surface area contributed by atoms with Gasteiger partial charge in [0.15, 0.2) is 5.60 Å². The van der Waals surface area contributed by atoms with Gasteiger partial charge in [0.05, 0.1) is 11.6 Å². The highest BCUT2D eigenvalue weighted by molar-refractivity contribution is 5.89. The Hall–Kier alpha value is -3.21. The Balaban J connectivity index is 1.30. The highest BCUT2D eigenvalue weighted by atomic mass is 16.4. The number of carbonyl (C=O) groups is 1. The molecule has 9 nitrogen and oxygen atoms in total. The summed E-state index contributed by atoms with van der Waals surface area (Å²) in [4.78, 5) is 24.6. The molecule has 1 spiro atoms. The van der Waals surface area contributed by atoms with Crippen LogP contribution in [0, 0.1) is 18.3 Å². The summed E-state index contributed by atoms with van der Waals surface area (Å²) >= 11 is 0. The van der Waals surface area contributed by atoms with Crippen LogP contribution in [0.3, 0.4) is 0 Å². The van der Waals surface area contributed by atoms with Crippen molar-refractivity contribution in [3.8, 4) is 0 Å². The molecular weight excluding hydrogens is 638 g/mol.